The van der Waals surface area contributed by atoms with Crippen LogP contribution in [0, 0.1) is 13.8 Å². The van der Waals surface area contributed by atoms with E-state index in [1.54, 1.807) is 11.3 Å². The van der Waals surface area contributed by atoms with Crippen molar-refractivity contribution >= 4 is 42.6 Å². The summed E-state index contributed by atoms with van der Waals surface area (Å²) in [7, 11) is -3.37. The number of nitrogens with zero attached hydrogens (tertiary/aromatic N) is 4. The van der Waals surface area contributed by atoms with Gasteiger partial charge in [-0.15, -0.1) is 0 Å². The molecule has 0 aliphatic carbocycles. The summed E-state index contributed by atoms with van der Waals surface area (Å²) in [4.78, 5) is 22.0. The summed E-state index contributed by atoms with van der Waals surface area (Å²) < 4.78 is 26.8. The number of thiazole rings is 1. The van der Waals surface area contributed by atoms with E-state index in [-0.39, 0.29) is 5.91 Å². The molecular weight excluding hydrogens is 408 g/mol. The molecule has 0 spiro atoms. The molecule has 2 aliphatic heterocycles. The number of carbonyl (C=O) groups is 1. The summed E-state index contributed by atoms with van der Waals surface area (Å²) in [6, 6.07) is 3.70. The Bertz CT molecular complexity index is 987. The van der Waals surface area contributed by atoms with Gasteiger partial charge in [0, 0.05) is 32.7 Å². The molecule has 3 heterocycles. The van der Waals surface area contributed by atoms with Gasteiger partial charge in [-0.1, -0.05) is 29.9 Å². The highest BCUT2D eigenvalue weighted by molar-refractivity contribution is 7.88. The monoisotopic (exact) mass is 436 g/mol. The Morgan fingerprint density at radius 3 is 2.41 bits per heavy atom. The van der Waals surface area contributed by atoms with Crippen molar-refractivity contribution in [2.45, 2.75) is 39.2 Å². The maximum Gasteiger partial charge on any atom is 0.241 e. The van der Waals surface area contributed by atoms with Crippen LogP contribution < -0.4 is 4.90 Å². The number of sulfonamides is 1. The Kier molecular flexibility index (Phi) is 5.56. The van der Waals surface area contributed by atoms with Crippen molar-refractivity contribution in [3.8, 4) is 0 Å². The van der Waals surface area contributed by atoms with E-state index in [4.69, 9.17) is 4.98 Å². The van der Waals surface area contributed by atoms with Crippen LogP contribution in [0.15, 0.2) is 12.1 Å². The standard InChI is InChI=1S/C20H28N4O3S2/c1-14-7-8-15(2)18-17(14)21-20(28-18)23-12-10-22(11-13-23)19(25)16-6-4-5-9-24(16)29(3,26)27/h7-8,16H,4-6,9-13H2,1-3H3/t16-/m1/s1. The molecule has 0 saturated carbocycles. The van der Waals surface area contributed by atoms with Gasteiger partial charge in [-0.25, -0.2) is 13.4 Å². The van der Waals surface area contributed by atoms with Crippen LogP contribution in [0.4, 0.5) is 5.13 Å². The molecule has 2 aliphatic rings. The molecule has 4 rings (SSSR count). The fourth-order valence-electron chi connectivity index (χ4n) is 4.26. The lowest BCUT2D eigenvalue weighted by Crippen LogP contribution is -2.57. The van der Waals surface area contributed by atoms with Crippen molar-refractivity contribution in [1.29, 1.82) is 0 Å². The van der Waals surface area contributed by atoms with Crippen molar-refractivity contribution in [2.24, 2.45) is 0 Å². The largest absolute Gasteiger partial charge is 0.345 e. The highest BCUT2D eigenvalue weighted by atomic mass is 32.2. The SMILES string of the molecule is Cc1ccc(C)c2sc(N3CCN(C(=O)[C@H]4CCCCN4S(C)(=O)=O)CC3)nc12. The molecular formula is C20H28N4O3S2. The van der Waals surface area contributed by atoms with E-state index in [1.807, 2.05) is 4.90 Å². The van der Waals surface area contributed by atoms with Gasteiger partial charge in [0.05, 0.1) is 16.5 Å². The summed E-state index contributed by atoms with van der Waals surface area (Å²) >= 11 is 1.71. The lowest BCUT2D eigenvalue weighted by atomic mass is 10.0. The predicted molar refractivity (Wildman–Crippen MR) is 117 cm³/mol. The molecule has 1 aromatic heterocycles. The number of benzene rings is 1. The molecule has 2 saturated heterocycles. The van der Waals surface area contributed by atoms with Gasteiger partial charge in [0.2, 0.25) is 15.9 Å². The van der Waals surface area contributed by atoms with Crippen LogP contribution in [0.3, 0.4) is 0 Å². The van der Waals surface area contributed by atoms with Crippen LogP contribution in [-0.4, -0.2) is 73.5 Å². The number of anilines is 1. The Hall–Kier alpha value is -1.71. The molecule has 1 aromatic carbocycles. The minimum absolute atomic E-state index is 0.0502. The molecule has 1 atom stereocenters. The fraction of sp³-hybridized carbons (Fsp3) is 0.600. The third-order valence-electron chi connectivity index (χ3n) is 5.96. The highest BCUT2D eigenvalue weighted by Crippen LogP contribution is 2.33. The molecule has 29 heavy (non-hydrogen) atoms. The normalized spacial score (nSPS) is 21.7. The Morgan fingerprint density at radius 2 is 1.76 bits per heavy atom. The van der Waals surface area contributed by atoms with Crippen molar-refractivity contribution in [3.05, 3.63) is 23.3 Å². The number of piperidine rings is 1. The molecule has 158 valence electrons. The molecule has 1 amide bonds. The van der Waals surface area contributed by atoms with E-state index in [1.165, 1.54) is 26.4 Å². The first-order valence-corrected chi connectivity index (χ1v) is 12.8. The van der Waals surface area contributed by atoms with Crippen molar-refractivity contribution in [1.82, 2.24) is 14.2 Å². The summed E-state index contributed by atoms with van der Waals surface area (Å²) in [5, 5.41) is 1.000. The second-order valence-electron chi connectivity index (χ2n) is 8.07. The van der Waals surface area contributed by atoms with Crippen LogP contribution in [-0.2, 0) is 14.8 Å². The van der Waals surface area contributed by atoms with E-state index in [0.717, 1.165) is 36.6 Å². The minimum Gasteiger partial charge on any atom is -0.345 e. The van der Waals surface area contributed by atoms with Crippen LogP contribution in [0.5, 0.6) is 0 Å². The van der Waals surface area contributed by atoms with Gasteiger partial charge in [0.15, 0.2) is 5.13 Å². The first kappa shape index (κ1) is 20.6. The number of hydrogen-bond acceptors (Lipinski definition) is 6. The predicted octanol–water partition coefficient (Wildman–Crippen LogP) is 2.38. The number of amides is 1. The average molecular weight is 437 g/mol. The van der Waals surface area contributed by atoms with E-state index in [2.05, 4.69) is 30.9 Å². The quantitative estimate of drug-likeness (QED) is 0.739. The van der Waals surface area contributed by atoms with E-state index >= 15 is 0 Å². The fourth-order valence-corrected chi connectivity index (χ4v) is 6.54. The summed E-state index contributed by atoms with van der Waals surface area (Å²) in [6.07, 6.45) is 3.53. The Labute approximate surface area is 176 Å². The number of fused-ring (bicyclic) bond motifs is 1. The lowest BCUT2D eigenvalue weighted by Gasteiger charge is -2.39. The zero-order valence-corrected chi connectivity index (χ0v) is 18.9. The van der Waals surface area contributed by atoms with Crippen LogP contribution in [0.2, 0.25) is 0 Å². The summed E-state index contributed by atoms with van der Waals surface area (Å²) in [5.41, 5.74) is 3.48. The van der Waals surface area contributed by atoms with Gasteiger partial charge in [-0.2, -0.15) is 4.31 Å². The van der Waals surface area contributed by atoms with Gasteiger partial charge in [-0.05, 0) is 37.8 Å². The molecule has 0 N–H and O–H groups in total. The third kappa shape index (κ3) is 4.00. The van der Waals surface area contributed by atoms with Crippen molar-refractivity contribution < 1.29 is 13.2 Å². The van der Waals surface area contributed by atoms with Gasteiger partial charge >= 0.3 is 0 Å². The Balaban J connectivity index is 1.46. The van der Waals surface area contributed by atoms with Crippen LogP contribution in [0.25, 0.3) is 10.2 Å². The maximum absolute atomic E-state index is 13.1. The molecule has 2 fully saturated rings. The third-order valence-corrected chi connectivity index (χ3v) is 8.50. The molecule has 7 nitrogen and oxygen atoms in total. The van der Waals surface area contributed by atoms with E-state index < -0.39 is 16.1 Å². The second kappa shape index (κ2) is 7.85. The second-order valence-corrected chi connectivity index (χ2v) is 11.0. The summed E-state index contributed by atoms with van der Waals surface area (Å²) in [5.74, 6) is -0.0502. The first-order chi connectivity index (χ1) is 13.8. The topological polar surface area (TPSA) is 73.8 Å². The number of aromatic nitrogens is 1. The first-order valence-electron chi connectivity index (χ1n) is 10.1. The van der Waals surface area contributed by atoms with Gasteiger partial charge < -0.3 is 9.80 Å². The van der Waals surface area contributed by atoms with Crippen LogP contribution >= 0.6 is 11.3 Å². The number of carbonyl (C=O) groups excluding carboxylic acids is 1. The number of rotatable bonds is 3. The van der Waals surface area contributed by atoms with Crippen LogP contribution in [0.1, 0.15) is 30.4 Å². The van der Waals surface area contributed by atoms with Gasteiger partial charge in [0.25, 0.3) is 0 Å². The zero-order valence-electron chi connectivity index (χ0n) is 17.2. The smallest absolute Gasteiger partial charge is 0.241 e. The highest BCUT2D eigenvalue weighted by Gasteiger charge is 2.37. The van der Waals surface area contributed by atoms with Crippen molar-refractivity contribution in [3.63, 3.8) is 0 Å². The lowest BCUT2D eigenvalue weighted by molar-refractivity contribution is -0.136. The molecule has 0 radical (unpaired) electrons. The maximum atomic E-state index is 13.1. The Morgan fingerprint density at radius 1 is 1.07 bits per heavy atom. The molecule has 9 heteroatoms. The number of hydrogen-bond donors (Lipinski definition) is 0. The zero-order chi connectivity index (χ0) is 20.8. The molecule has 2 aromatic rings. The van der Waals surface area contributed by atoms with Crippen molar-refractivity contribution in [2.75, 3.05) is 43.9 Å². The summed E-state index contributed by atoms with van der Waals surface area (Å²) in [6.45, 7) is 7.27. The van der Waals surface area contributed by atoms with E-state index in [0.29, 0.717) is 26.1 Å². The molecule has 0 unspecified atom stereocenters. The number of aryl methyl sites for hydroxylation is 2. The molecule has 0 bridgehead atoms. The van der Waals surface area contributed by atoms with Gasteiger partial charge in [0.1, 0.15) is 6.04 Å². The average Bonchev–Trinajstić information content (AvgIpc) is 3.17. The van der Waals surface area contributed by atoms with E-state index in [9.17, 15) is 13.2 Å². The van der Waals surface area contributed by atoms with Gasteiger partial charge in [-0.3, -0.25) is 4.79 Å². The number of piperazine rings is 1. The minimum atomic E-state index is -3.37.